The van der Waals surface area contributed by atoms with Gasteiger partial charge in [0, 0.05) is 30.1 Å². The zero-order valence-corrected chi connectivity index (χ0v) is 12.3. The first-order valence-corrected chi connectivity index (χ1v) is 7.49. The molecule has 1 saturated heterocycles. The molecule has 1 amide bonds. The predicted octanol–water partition coefficient (Wildman–Crippen LogP) is 1.96. The molecule has 1 aliphatic rings. The quantitative estimate of drug-likeness (QED) is 0.842. The smallest absolute Gasteiger partial charge is 0.227 e. The average Bonchev–Trinajstić information content (AvgIpc) is 2.39. The highest BCUT2D eigenvalue weighted by molar-refractivity contribution is 8.00. The van der Waals surface area contributed by atoms with Crippen LogP contribution in [-0.4, -0.2) is 40.9 Å². The summed E-state index contributed by atoms with van der Waals surface area (Å²) in [5, 5.41) is 0. The molecule has 0 aromatic rings. The molecule has 3 nitrogen and oxygen atoms in total. The lowest BCUT2D eigenvalue weighted by molar-refractivity contribution is -0.136. The Hall–Kier alpha value is -0.220. The predicted molar refractivity (Wildman–Crippen MR) is 75.1 cm³/mol. The van der Waals surface area contributed by atoms with Gasteiger partial charge in [0.15, 0.2) is 0 Å². The number of nitrogens with two attached hydrogens (primary N) is 1. The molecule has 1 fully saturated rings. The fraction of sp³-hybridized carbons (Fsp3) is 0.923. The van der Waals surface area contributed by atoms with Crippen LogP contribution in [0.4, 0.5) is 0 Å². The Morgan fingerprint density at radius 3 is 2.59 bits per heavy atom. The zero-order valence-electron chi connectivity index (χ0n) is 11.5. The van der Waals surface area contributed by atoms with Crippen molar-refractivity contribution in [3.63, 3.8) is 0 Å². The number of hydrogen-bond acceptors (Lipinski definition) is 3. The maximum Gasteiger partial charge on any atom is 0.227 e. The van der Waals surface area contributed by atoms with Crippen molar-refractivity contribution in [3.8, 4) is 0 Å². The maximum atomic E-state index is 12.4. The second-order valence-corrected chi connectivity index (χ2v) is 7.57. The summed E-state index contributed by atoms with van der Waals surface area (Å²) in [6.45, 7) is 10.9. The van der Waals surface area contributed by atoms with Crippen molar-refractivity contribution in [2.45, 2.75) is 38.9 Å². The highest BCUT2D eigenvalue weighted by atomic mass is 32.2. The van der Waals surface area contributed by atoms with Crippen molar-refractivity contribution in [3.05, 3.63) is 0 Å². The molecular formula is C13H26N2OS. The molecular weight excluding hydrogens is 232 g/mol. The third kappa shape index (κ3) is 4.18. The Bertz CT molecular complexity index is 266. The van der Waals surface area contributed by atoms with Gasteiger partial charge in [-0.15, -0.1) is 0 Å². The van der Waals surface area contributed by atoms with Crippen LogP contribution in [0.15, 0.2) is 0 Å². The van der Waals surface area contributed by atoms with E-state index in [4.69, 9.17) is 5.73 Å². The van der Waals surface area contributed by atoms with Gasteiger partial charge < -0.3 is 10.6 Å². The molecule has 0 spiro atoms. The third-order valence-corrected chi connectivity index (χ3v) is 4.90. The lowest BCUT2D eigenvalue weighted by Gasteiger charge is -2.28. The fourth-order valence-corrected chi connectivity index (χ4v) is 3.23. The molecule has 1 heterocycles. The molecule has 100 valence electrons. The largest absolute Gasteiger partial charge is 0.342 e. The van der Waals surface area contributed by atoms with Gasteiger partial charge >= 0.3 is 0 Å². The molecule has 1 unspecified atom stereocenters. The zero-order chi connectivity index (χ0) is 13.1. The SMILES string of the molecule is CC(C)C(CN)C(=O)N1CCSC(C)(C)CC1. The Labute approximate surface area is 109 Å². The van der Waals surface area contributed by atoms with Crippen LogP contribution >= 0.6 is 11.8 Å². The third-order valence-electron chi connectivity index (χ3n) is 3.53. The highest BCUT2D eigenvalue weighted by Crippen LogP contribution is 2.31. The molecule has 0 aromatic heterocycles. The molecule has 0 radical (unpaired) electrons. The van der Waals surface area contributed by atoms with Crippen molar-refractivity contribution < 1.29 is 4.79 Å². The normalized spacial score (nSPS) is 22.4. The summed E-state index contributed by atoms with van der Waals surface area (Å²) in [7, 11) is 0. The van der Waals surface area contributed by atoms with Crippen LogP contribution in [0, 0.1) is 11.8 Å². The van der Waals surface area contributed by atoms with Crippen molar-refractivity contribution >= 4 is 17.7 Å². The number of carbonyl (C=O) groups is 1. The minimum atomic E-state index is -0.0128. The van der Waals surface area contributed by atoms with Crippen LogP contribution in [0.1, 0.15) is 34.1 Å². The summed E-state index contributed by atoms with van der Waals surface area (Å²) < 4.78 is 0.297. The van der Waals surface area contributed by atoms with Gasteiger partial charge in [-0.05, 0) is 12.3 Å². The molecule has 0 bridgehead atoms. The molecule has 0 saturated carbocycles. The van der Waals surface area contributed by atoms with Gasteiger partial charge in [0.05, 0.1) is 5.92 Å². The Balaban J connectivity index is 2.63. The van der Waals surface area contributed by atoms with E-state index in [-0.39, 0.29) is 11.8 Å². The summed E-state index contributed by atoms with van der Waals surface area (Å²) in [5.74, 6) is 1.60. The van der Waals surface area contributed by atoms with E-state index in [1.165, 1.54) is 0 Å². The number of nitrogens with zero attached hydrogens (tertiary/aromatic N) is 1. The topological polar surface area (TPSA) is 46.3 Å². The lowest BCUT2D eigenvalue weighted by Crippen LogP contribution is -2.42. The van der Waals surface area contributed by atoms with Crippen LogP contribution in [-0.2, 0) is 4.79 Å². The molecule has 17 heavy (non-hydrogen) atoms. The van der Waals surface area contributed by atoms with Gasteiger partial charge in [-0.25, -0.2) is 0 Å². The molecule has 2 N–H and O–H groups in total. The summed E-state index contributed by atoms with van der Waals surface area (Å²) >= 11 is 1.96. The van der Waals surface area contributed by atoms with Gasteiger partial charge in [0.1, 0.15) is 0 Å². The van der Waals surface area contributed by atoms with Crippen LogP contribution in [0.3, 0.4) is 0 Å². The summed E-state index contributed by atoms with van der Waals surface area (Å²) in [4.78, 5) is 14.4. The summed E-state index contributed by atoms with van der Waals surface area (Å²) in [5.41, 5.74) is 5.72. The Morgan fingerprint density at radius 2 is 2.06 bits per heavy atom. The van der Waals surface area contributed by atoms with E-state index in [2.05, 4.69) is 27.7 Å². The number of carbonyl (C=O) groups excluding carboxylic acids is 1. The molecule has 1 atom stereocenters. The van der Waals surface area contributed by atoms with Crippen LogP contribution in [0.25, 0.3) is 0 Å². The summed E-state index contributed by atoms with van der Waals surface area (Å²) in [6, 6.07) is 0. The minimum absolute atomic E-state index is 0.0128. The number of hydrogen-bond donors (Lipinski definition) is 1. The van der Waals surface area contributed by atoms with Crippen LogP contribution in [0.5, 0.6) is 0 Å². The van der Waals surface area contributed by atoms with E-state index in [0.717, 1.165) is 25.3 Å². The van der Waals surface area contributed by atoms with Crippen molar-refractivity contribution in [1.29, 1.82) is 0 Å². The van der Waals surface area contributed by atoms with E-state index in [1.807, 2.05) is 16.7 Å². The van der Waals surface area contributed by atoms with E-state index in [0.29, 0.717) is 17.2 Å². The monoisotopic (exact) mass is 258 g/mol. The average molecular weight is 258 g/mol. The van der Waals surface area contributed by atoms with E-state index < -0.39 is 0 Å². The molecule has 0 aliphatic carbocycles. The van der Waals surface area contributed by atoms with Gasteiger partial charge in [-0.2, -0.15) is 11.8 Å². The lowest BCUT2D eigenvalue weighted by atomic mass is 9.94. The second kappa shape index (κ2) is 6.10. The molecule has 4 heteroatoms. The molecule has 1 aliphatic heterocycles. The van der Waals surface area contributed by atoms with Crippen molar-refractivity contribution in [2.24, 2.45) is 17.6 Å². The Morgan fingerprint density at radius 1 is 1.41 bits per heavy atom. The first kappa shape index (κ1) is 14.8. The van der Waals surface area contributed by atoms with E-state index in [9.17, 15) is 4.79 Å². The van der Waals surface area contributed by atoms with Gasteiger partial charge in [0.25, 0.3) is 0 Å². The molecule has 1 rings (SSSR count). The standard InChI is InChI=1S/C13H26N2OS/c1-10(2)11(9-14)12(16)15-6-5-13(3,4)17-8-7-15/h10-11H,5-9,14H2,1-4H3. The van der Waals surface area contributed by atoms with Crippen LogP contribution < -0.4 is 5.73 Å². The maximum absolute atomic E-state index is 12.4. The first-order valence-electron chi connectivity index (χ1n) is 6.50. The second-order valence-electron chi connectivity index (χ2n) is 5.77. The highest BCUT2D eigenvalue weighted by Gasteiger charge is 2.30. The van der Waals surface area contributed by atoms with E-state index >= 15 is 0 Å². The van der Waals surface area contributed by atoms with Crippen molar-refractivity contribution in [2.75, 3.05) is 25.4 Å². The molecule has 0 aromatic carbocycles. The first-order chi connectivity index (χ1) is 7.87. The van der Waals surface area contributed by atoms with E-state index in [1.54, 1.807) is 0 Å². The fourth-order valence-electron chi connectivity index (χ4n) is 2.13. The summed E-state index contributed by atoms with van der Waals surface area (Å²) in [6.07, 6.45) is 1.07. The van der Waals surface area contributed by atoms with Crippen molar-refractivity contribution in [1.82, 2.24) is 4.90 Å². The number of thioether (sulfide) groups is 1. The number of rotatable bonds is 3. The van der Waals surface area contributed by atoms with Crippen LogP contribution in [0.2, 0.25) is 0 Å². The number of amides is 1. The minimum Gasteiger partial charge on any atom is -0.342 e. The van der Waals surface area contributed by atoms with Gasteiger partial charge in [-0.1, -0.05) is 27.7 Å². The van der Waals surface area contributed by atoms with Gasteiger partial charge in [-0.3, -0.25) is 4.79 Å². The van der Waals surface area contributed by atoms with Gasteiger partial charge in [0.2, 0.25) is 5.91 Å². The Kier molecular flexibility index (Phi) is 5.32.